The minimum Gasteiger partial charge on any atom is -0.478 e. The molecular formula is C9H12N2O3. The summed E-state index contributed by atoms with van der Waals surface area (Å²) in [5.41, 5.74) is 0.701. The van der Waals surface area contributed by atoms with E-state index in [0.29, 0.717) is 24.5 Å². The largest absolute Gasteiger partial charge is 0.478 e. The van der Waals surface area contributed by atoms with E-state index >= 15 is 0 Å². The maximum absolute atomic E-state index is 10.7. The number of rotatable bonds is 4. The monoisotopic (exact) mass is 196 g/mol. The molecule has 0 aliphatic carbocycles. The van der Waals surface area contributed by atoms with E-state index in [9.17, 15) is 4.79 Å². The zero-order valence-corrected chi connectivity index (χ0v) is 8.15. The van der Waals surface area contributed by atoms with Gasteiger partial charge in [0.05, 0.1) is 11.3 Å². The van der Waals surface area contributed by atoms with Gasteiger partial charge in [-0.15, -0.1) is 0 Å². The molecule has 1 aromatic heterocycles. The molecule has 1 rings (SSSR count). The fourth-order valence-electron chi connectivity index (χ4n) is 1.11. The zero-order chi connectivity index (χ0) is 10.6. The molecule has 76 valence electrons. The van der Waals surface area contributed by atoms with Crippen LogP contribution in [0.15, 0.2) is 6.20 Å². The van der Waals surface area contributed by atoms with E-state index < -0.39 is 5.97 Å². The molecule has 0 unspecified atom stereocenters. The van der Waals surface area contributed by atoms with Crippen molar-refractivity contribution < 1.29 is 14.6 Å². The zero-order valence-electron chi connectivity index (χ0n) is 8.15. The molecule has 0 radical (unpaired) electrons. The Balaban J connectivity index is 3.05. The van der Waals surface area contributed by atoms with Crippen molar-refractivity contribution in [2.75, 3.05) is 7.11 Å². The topological polar surface area (TPSA) is 72.3 Å². The molecule has 0 spiro atoms. The number of ether oxygens (including phenoxy) is 1. The number of carboxylic acids is 1. The molecule has 0 fully saturated rings. The van der Waals surface area contributed by atoms with Gasteiger partial charge in [-0.05, 0) is 6.42 Å². The van der Waals surface area contributed by atoms with Gasteiger partial charge in [0.15, 0.2) is 5.82 Å². The van der Waals surface area contributed by atoms with Gasteiger partial charge in [0.25, 0.3) is 0 Å². The number of aromatic nitrogens is 2. The van der Waals surface area contributed by atoms with Crippen LogP contribution in [0.2, 0.25) is 0 Å². The molecule has 1 aromatic rings. The number of carboxylic acid groups (broad SMARTS) is 1. The highest BCUT2D eigenvalue weighted by Gasteiger charge is 2.11. The first kappa shape index (κ1) is 10.6. The van der Waals surface area contributed by atoms with Gasteiger partial charge in [0, 0.05) is 13.3 Å². The van der Waals surface area contributed by atoms with Crippen molar-refractivity contribution in [3.05, 3.63) is 23.3 Å². The van der Waals surface area contributed by atoms with Crippen molar-refractivity contribution in [3.63, 3.8) is 0 Å². The van der Waals surface area contributed by atoms with E-state index in [1.54, 1.807) is 7.11 Å². The summed E-state index contributed by atoms with van der Waals surface area (Å²) in [6, 6.07) is 0. The SMILES string of the molecule is CCc1nc(COC)ncc1C(=O)O. The van der Waals surface area contributed by atoms with E-state index in [4.69, 9.17) is 9.84 Å². The lowest BCUT2D eigenvalue weighted by molar-refractivity contribution is 0.0694. The van der Waals surface area contributed by atoms with E-state index in [2.05, 4.69) is 9.97 Å². The van der Waals surface area contributed by atoms with Gasteiger partial charge in [-0.25, -0.2) is 14.8 Å². The van der Waals surface area contributed by atoms with Crippen LogP contribution in [-0.2, 0) is 17.8 Å². The lowest BCUT2D eigenvalue weighted by Crippen LogP contribution is -2.08. The fraction of sp³-hybridized carbons (Fsp3) is 0.444. The first-order valence-corrected chi connectivity index (χ1v) is 4.26. The van der Waals surface area contributed by atoms with Crippen molar-refractivity contribution in [2.45, 2.75) is 20.0 Å². The Kier molecular flexibility index (Phi) is 3.53. The number of nitrogens with zero attached hydrogens (tertiary/aromatic N) is 2. The molecule has 0 amide bonds. The molecule has 0 saturated carbocycles. The number of hydrogen-bond acceptors (Lipinski definition) is 4. The summed E-state index contributed by atoms with van der Waals surface area (Å²) in [5.74, 6) is -0.486. The predicted molar refractivity (Wildman–Crippen MR) is 49.1 cm³/mol. The minimum atomic E-state index is -0.995. The summed E-state index contributed by atoms with van der Waals surface area (Å²) in [6.07, 6.45) is 1.89. The summed E-state index contributed by atoms with van der Waals surface area (Å²) in [6.45, 7) is 2.15. The molecule has 14 heavy (non-hydrogen) atoms. The van der Waals surface area contributed by atoms with E-state index in [0.717, 1.165) is 0 Å². The molecule has 0 aliphatic heterocycles. The number of carbonyl (C=O) groups is 1. The first-order chi connectivity index (χ1) is 6.69. The lowest BCUT2D eigenvalue weighted by atomic mass is 10.2. The van der Waals surface area contributed by atoms with Crippen LogP contribution in [0.1, 0.15) is 28.8 Å². The van der Waals surface area contributed by atoms with Crippen LogP contribution in [0.4, 0.5) is 0 Å². The van der Waals surface area contributed by atoms with E-state index in [1.165, 1.54) is 6.20 Å². The van der Waals surface area contributed by atoms with Crippen LogP contribution in [0, 0.1) is 0 Å². The average molecular weight is 196 g/mol. The van der Waals surface area contributed by atoms with Gasteiger partial charge in [0.1, 0.15) is 6.61 Å². The molecule has 1 heterocycles. The normalized spacial score (nSPS) is 10.1. The van der Waals surface area contributed by atoms with Crippen LogP contribution in [-0.4, -0.2) is 28.2 Å². The Morgan fingerprint density at radius 3 is 2.86 bits per heavy atom. The Labute approximate surface area is 81.8 Å². The van der Waals surface area contributed by atoms with E-state index in [-0.39, 0.29) is 5.56 Å². The van der Waals surface area contributed by atoms with Gasteiger partial charge in [0.2, 0.25) is 0 Å². The second-order valence-corrected chi connectivity index (χ2v) is 2.74. The number of aryl methyl sites for hydroxylation is 1. The van der Waals surface area contributed by atoms with Crippen LogP contribution in [0.5, 0.6) is 0 Å². The van der Waals surface area contributed by atoms with Crippen LogP contribution < -0.4 is 0 Å². The third-order valence-corrected chi connectivity index (χ3v) is 1.76. The van der Waals surface area contributed by atoms with Crippen molar-refractivity contribution in [1.82, 2.24) is 9.97 Å². The molecule has 5 heteroatoms. The Hall–Kier alpha value is -1.49. The number of methoxy groups -OCH3 is 1. The van der Waals surface area contributed by atoms with Crippen molar-refractivity contribution >= 4 is 5.97 Å². The number of aromatic carboxylic acids is 1. The van der Waals surface area contributed by atoms with Crippen LogP contribution in [0.25, 0.3) is 0 Å². The summed E-state index contributed by atoms with van der Waals surface area (Å²) in [7, 11) is 1.54. The summed E-state index contributed by atoms with van der Waals surface area (Å²) in [4.78, 5) is 18.7. The number of hydrogen-bond donors (Lipinski definition) is 1. The fourth-order valence-corrected chi connectivity index (χ4v) is 1.11. The Morgan fingerprint density at radius 2 is 2.36 bits per heavy atom. The van der Waals surface area contributed by atoms with E-state index in [1.807, 2.05) is 6.92 Å². The first-order valence-electron chi connectivity index (χ1n) is 4.26. The average Bonchev–Trinajstić information content (AvgIpc) is 2.17. The van der Waals surface area contributed by atoms with Crippen molar-refractivity contribution in [3.8, 4) is 0 Å². The smallest absolute Gasteiger partial charge is 0.339 e. The molecule has 0 bridgehead atoms. The predicted octanol–water partition coefficient (Wildman–Crippen LogP) is 0.884. The van der Waals surface area contributed by atoms with Gasteiger partial charge in [-0.2, -0.15) is 0 Å². The van der Waals surface area contributed by atoms with Crippen LogP contribution in [0.3, 0.4) is 0 Å². The summed E-state index contributed by atoms with van der Waals surface area (Å²) < 4.78 is 4.86. The second kappa shape index (κ2) is 4.66. The molecule has 0 aliphatic rings. The molecular weight excluding hydrogens is 184 g/mol. The maximum Gasteiger partial charge on any atom is 0.339 e. The molecule has 0 atom stereocenters. The second-order valence-electron chi connectivity index (χ2n) is 2.74. The minimum absolute atomic E-state index is 0.160. The molecule has 0 saturated heterocycles. The van der Waals surface area contributed by atoms with Crippen molar-refractivity contribution in [1.29, 1.82) is 0 Å². The standard InChI is InChI=1S/C9H12N2O3/c1-3-7-6(9(12)13)4-10-8(11-7)5-14-2/h4H,3,5H2,1-2H3,(H,12,13). The van der Waals surface area contributed by atoms with Crippen LogP contribution >= 0.6 is 0 Å². The molecule has 5 nitrogen and oxygen atoms in total. The maximum atomic E-state index is 10.7. The van der Waals surface area contributed by atoms with Gasteiger partial charge >= 0.3 is 5.97 Å². The molecule has 0 aromatic carbocycles. The highest BCUT2D eigenvalue weighted by molar-refractivity contribution is 5.88. The lowest BCUT2D eigenvalue weighted by Gasteiger charge is -2.04. The molecule has 1 N–H and O–H groups in total. The summed E-state index contributed by atoms with van der Waals surface area (Å²) in [5, 5.41) is 8.81. The highest BCUT2D eigenvalue weighted by atomic mass is 16.5. The summed E-state index contributed by atoms with van der Waals surface area (Å²) >= 11 is 0. The third-order valence-electron chi connectivity index (χ3n) is 1.76. The van der Waals surface area contributed by atoms with Gasteiger partial charge < -0.3 is 9.84 Å². The Bertz CT molecular complexity index is 339. The van der Waals surface area contributed by atoms with Crippen molar-refractivity contribution in [2.24, 2.45) is 0 Å². The van der Waals surface area contributed by atoms with Gasteiger partial charge in [-0.1, -0.05) is 6.92 Å². The highest BCUT2D eigenvalue weighted by Crippen LogP contribution is 2.06. The quantitative estimate of drug-likeness (QED) is 0.774. The Morgan fingerprint density at radius 1 is 1.64 bits per heavy atom. The van der Waals surface area contributed by atoms with Gasteiger partial charge in [-0.3, -0.25) is 0 Å². The third kappa shape index (κ3) is 2.26.